The van der Waals surface area contributed by atoms with E-state index in [-0.39, 0.29) is 18.3 Å². The molecule has 122 valence electrons. The van der Waals surface area contributed by atoms with Gasteiger partial charge < -0.3 is 14.6 Å². The fraction of sp³-hybridized carbons (Fsp3) is 0.500. The van der Waals surface area contributed by atoms with Gasteiger partial charge in [0.25, 0.3) is 0 Å². The highest BCUT2D eigenvalue weighted by molar-refractivity contribution is 6.55. The lowest BCUT2D eigenvalue weighted by atomic mass is 9.77. The van der Waals surface area contributed by atoms with E-state index in [4.69, 9.17) is 9.31 Å². The average Bonchev–Trinajstić information content (AvgIpc) is 2.97. The van der Waals surface area contributed by atoms with Gasteiger partial charge in [-0.25, -0.2) is 9.97 Å². The van der Waals surface area contributed by atoms with Crippen LogP contribution in [0.5, 0.6) is 0 Å². The molecule has 1 aliphatic rings. The molecule has 0 saturated carbocycles. The Hall–Kier alpha value is -1.70. The Balaban J connectivity index is 1.96. The van der Waals surface area contributed by atoms with Gasteiger partial charge in [0.2, 0.25) is 5.78 Å². The molecular formula is C16H23BN4O2. The van der Waals surface area contributed by atoms with Crippen LogP contribution in [0.15, 0.2) is 30.1 Å². The monoisotopic (exact) mass is 314 g/mol. The lowest BCUT2D eigenvalue weighted by molar-refractivity contribution is 0.00578. The van der Waals surface area contributed by atoms with Crippen molar-refractivity contribution in [1.29, 1.82) is 0 Å². The van der Waals surface area contributed by atoms with Crippen molar-refractivity contribution in [2.75, 3.05) is 13.6 Å². The molecule has 23 heavy (non-hydrogen) atoms. The summed E-state index contributed by atoms with van der Waals surface area (Å²) in [6.45, 7) is 8.90. The van der Waals surface area contributed by atoms with Crippen molar-refractivity contribution in [3.8, 4) is 0 Å². The molecular weight excluding hydrogens is 291 g/mol. The highest BCUT2D eigenvalue weighted by Crippen LogP contribution is 2.38. The van der Waals surface area contributed by atoms with E-state index in [0.717, 1.165) is 11.2 Å². The number of likely N-dealkylation sites (N-methyl/N-ethyl adjacent to an activating group) is 1. The number of hydrogen-bond acceptors (Lipinski definition) is 5. The zero-order chi connectivity index (χ0) is 16.7. The molecule has 6 nitrogen and oxygen atoms in total. The summed E-state index contributed by atoms with van der Waals surface area (Å²) >= 11 is 0. The van der Waals surface area contributed by atoms with E-state index in [1.54, 1.807) is 6.20 Å². The van der Waals surface area contributed by atoms with Crippen molar-refractivity contribution in [3.05, 3.63) is 35.8 Å². The fourth-order valence-corrected chi connectivity index (χ4v) is 2.54. The van der Waals surface area contributed by atoms with E-state index < -0.39 is 0 Å². The molecule has 1 aliphatic heterocycles. The van der Waals surface area contributed by atoms with Gasteiger partial charge in [-0.1, -0.05) is 0 Å². The van der Waals surface area contributed by atoms with Gasteiger partial charge in [-0.15, -0.1) is 0 Å². The molecule has 0 amide bonds. The minimum atomic E-state index is -0.380. The van der Waals surface area contributed by atoms with Crippen molar-refractivity contribution < 1.29 is 9.31 Å². The number of aromatic nitrogens is 3. The summed E-state index contributed by atoms with van der Waals surface area (Å²) in [6.07, 6.45) is 7.55. The van der Waals surface area contributed by atoms with Crippen LogP contribution in [-0.4, -0.2) is 46.3 Å². The summed E-state index contributed by atoms with van der Waals surface area (Å²) in [5.74, 6) is 0.677. The van der Waals surface area contributed by atoms with Crippen LogP contribution in [0.4, 0.5) is 0 Å². The molecule has 1 fully saturated rings. The Morgan fingerprint density at radius 2 is 1.96 bits per heavy atom. The van der Waals surface area contributed by atoms with Gasteiger partial charge in [0.1, 0.15) is 0 Å². The summed E-state index contributed by atoms with van der Waals surface area (Å²) in [7, 11) is 1.53. The number of nitrogens with one attached hydrogen (secondary N) is 1. The zero-order valence-corrected chi connectivity index (χ0v) is 14.3. The molecule has 0 bridgehead atoms. The van der Waals surface area contributed by atoms with Crippen molar-refractivity contribution in [2.24, 2.45) is 0 Å². The molecule has 0 unspecified atom stereocenters. The summed E-state index contributed by atoms with van der Waals surface area (Å²) < 4.78 is 14.3. The van der Waals surface area contributed by atoms with E-state index in [1.807, 2.05) is 29.9 Å². The van der Waals surface area contributed by atoms with Crippen LogP contribution >= 0.6 is 0 Å². The number of fused-ring (bicyclic) bond motifs is 1. The second kappa shape index (κ2) is 5.74. The topological polar surface area (TPSA) is 60.7 Å². The molecule has 1 saturated heterocycles. The average molecular weight is 314 g/mol. The Labute approximate surface area is 137 Å². The van der Waals surface area contributed by atoms with Gasteiger partial charge >= 0.3 is 7.12 Å². The zero-order valence-electron chi connectivity index (χ0n) is 14.3. The van der Waals surface area contributed by atoms with Crippen molar-refractivity contribution in [2.45, 2.75) is 38.9 Å². The predicted octanol–water partition coefficient (Wildman–Crippen LogP) is 1.96. The quantitative estimate of drug-likeness (QED) is 0.874. The van der Waals surface area contributed by atoms with Crippen LogP contribution in [-0.2, 0) is 9.31 Å². The molecule has 2 aromatic rings. The SMILES string of the molecule is CNCC(=Cc1cnc2ncccn12)B1OC(C)(C)C(C)(C)O1. The van der Waals surface area contributed by atoms with Gasteiger partial charge in [0.15, 0.2) is 0 Å². The maximum atomic E-state index is 6.16. The number of nitrogens with zero attached hydrogens (tertiary/aromatic N) is 3. The maximum Gasteiger partial charge on any atom is 0.491 e. The first-order valence-corrected chi connectivity index (χ1v) is 7.83. The van der Waals surface area contributed by atoms with E-state index >= 15 is 0 Å². The first-order valence-electron chi connectivity index (χ1n) is 7.83. The smallest absolute Gasteiger partial charge is 0.400 e. The van der Waals surface area contributed by atoms with Crippen molar-refractivity contribution in [3.63, 3.8) is 0 Å². The molecule has 0 aliphatic carbocycles. The molecule has 7 heteroatoms. The van der Waals surface area contributed by atoms with Gasteiger partial charge in [-0.3, -0.25) is 4.40 Å². The third-order valence-corrected chi connectivity index (χ3v) is 4.59. The largest absolute Gasteiger partial charge is 0.491 e. The van der Waals surface area contributed by atoms with E-state index in [0.29, 0.717) is 12.3 Å². The Morgan fingerprint density at radius 1 is 1.26 bits per heavy atom. The molecule has 3 rings (SSSR count). The van der Waals surface area contributed by atoms with Gasteiger partial charge in [-0.05, 0) is 52.4 Å². The van der Waals surface area contributed by atoms with Crippen molar-refractivity contribution >= 4 is 19.0 Å². The molecule has 0 spiro atoms. The Bertz CT molecular complexity index is 723. The summed E-state index contributed by atoms with van der Waals surface area (Å²) in [6, 6.07) is 1.89. The molecule has 0 atom stereocenters. The highest BCUT2D eigenvalue weighted by Gasteiger charge is 2.52. The number of rotatable bonds is 4. The van der Waals surface area contributed by atoms with E-state index in [2.05, 4.69) is 49.1 Å². The lowest BCUT2D eigenvalue weighted by Crippen LogP contribution is -2.41. The number of hydrogen-bond donors (Lipinski definition) is 1. The van der Waals surface area contributed by atoms with Gasteiger partial charge in [0, 0.05) is 18.9 Å². The van der Waals surface area contributed by atoms with E-state index in [1.165, 1.54) is 0 Å². The first-order chi connectivity index (χ1) is 10.8. The molecule has 2 aromatic heterocycles. The van der Waals surface area contributed by atoms with Crippen LogP contribution in [0.1, 0.15) is 33.4 Å². The minimum Gasteiger partial charge on any atom is -0.400 e. The summed E-state index contributed by atoms with van der Waals surface area (Å²) in [4.78, 5) is 8.56. The third-order valence-electron chi connectivity index (χ3n) is 4.59. The predicted molar refractivity (Wildman–Crippen MR) is 91.0 cm³/mol. The Morgan fingerprint density at radius 3 is 2.61 bits per heavy atom. The molecule has 0 radical (unpaired) electrons. The van der Waals surface area contributed by atoms with Crippen LogP contribution in [0.2, 0.25) is 0 Å². The fourth-order valence-electron chi connectivity index (χ4n) is 2.54. The van der Waals surface area contributed by atoms with Gasteiger partial charge in [-0.2, -0.15) is 0 Å². The normalized spacial score (nSPS) is 20.4. The molecule has 0 aromatic carbocycles. The highest BCUT2D eigenvalue weighted by atomic mass is 16.7. The maximum absolute atomic E-state index is 6.16. The third kappa shape index (κ3) is 2.92. The Kier molecular flexibility index (Phi) is 4.04. The summed E-state index contributed by atoms with van der Waals surface area (Å²) in [5, 5.41) is 3.19. The standard InChI is InChI=1S/C16H23BN4O2/c1-15(2)16(3,4)23-17(22-15)12(10-18-5)9-13-11-20-14-19-7-6-8-21(13)14/h6-9,11,18H,10H2,1-5H3. The van der Waals surface area contributed by atoms with Crippen LogP contribution in [0.3, 0.4) is 0 Å². The second-order valence-electron chi connectivity index (χ2n) is 6.81. The van der Waals surface area contributed by atoms with Crippen LogP contribution in [0, 0.1) is 0 Å². The first kappa shape index (κ1) is 16.2. The van der Waals surface area contributed by atoms with Gasteiger partial charge in [0.05, 0.1) is 23.1 Å². The lowest BCUT2D eigenvalue weighted by Gasteiger charge is -2.32. The minimum absolute atomic E-state index is 0.356. The number of imidazole rings is 1. The second-order valence-corrected chi connectivity index (χ2v) is 6.81. The molecule has 3 heterocycles. The van der Waals surface area contributed by atoms with Crippen LogP contribution < -0.4 is 5.32 Å². The van der Waals surface area contributed by atoms with Crippen molar-refractivity contribution in [1.82, 2.24) is 19.7 Å². The van der Waals surface area contributed by atoms with E-state index in [9.17, 15) is 0 Å². The molecule has 1 N–H and O–H groups in total. The summed E-state index contributed by atoms with van der Waals surface area (Å²) in [5.41, 5.74) is 1.27. The van der Waals surface area contributed by atoms with Crippen LogP contribution in [0.25, 0.3) is 11.9 Å².